The molecule has 0 unspecified atom stereocenters. The minimum atomic E-state index is -0.201. The highest BCUT2D eigenvalue weighted by atomic mass is 35.5. The van der Waals surface area contributed by atoms with Gasteiger partial charge in [-0.05, 0) is 69.1 Å². The van der Waals surface area contributed by atoms with E-state index >= 15 is 0 Å². The second-order valence-corrected chi connectivity index (χ2v) is 11.0. The molecule has 2 aliphatic rings. The zero-order valence-electron chi connectivity index (χ0n) is 19.1. The van der Waals surface area contributed by atoms with E-state index in [9.17, 15) is 4.79 Å². The third-order valence-corrected chi connectivity index (χ3v) is 7.89. The predicted molar refractivity (Wildman–Crippen MR) is 130 cm³/mol. The molecule has 0 N–H and O–H groups in total. The molecule has 7 heteroatoms. The van der Waals surface area contributed by atoms with Gasteiger partial charge < -0.3 is 14.4 Å². The fourth-order valence-corrected chi connectivity index (χ4v) is 5.79. The molecule has 0 saturated carbocycles. The highest BCUT2D eigenvalue weighted by Crippen LogP contribution is 2.36. The average molecular weight is 477 g/mol. The van der Waals surface area contributed by atoms with Crippen LogP contribution in [-0.4, -0.2) is 61.7 Å². The van der Waals surface area contributed by atoms with Crippen LogP contribution in [0.25, 0.3) is 0 Å². The van der Waals surface area contributed by atoms with Crippen molar-refractivity contribution in [3.63, 3.8) is 0 Å². The zero-order valence-corrected chi connectivity index (χ0v) is 20.6. The molecule has 2 saturated heterocycles. The van der Waals surface area contributed by atoms with Gasteiger partial charge in [-0.2, -0.15) is 0 Å². The maximum absolute atomic E-state index is 13.2. The van der Waals surface area contributed by atoms with Gasteiger partial charge in [0.15, 0.2) is 0 Å². The summed E-state index contributed by atoms with van der Waals surface area (Å²) in [6.07, 6.45) is 2.58. The Labute approximate surface area is 200 Å². The summed E-state index contributed by atoms with van der Waals surface area (Å²) < 4.78 is 11.7. The van der Waals surface area contributed by atoms with Crippen LogP contribution < -0.4 is 4.74 Å². The zero-order chi connectivity index (χ0) is 22.6. The third kappa shape index (κ3) is 6.04. The fourth-order valence-electron chi connectivity index (χ4n) is 4.74. The molecule has 0 spiro atoms. The van der Waals surface area contributed by atoms with Gasteiger partial charge in [-0.3, -0.25) is 9.69 Å². The molecule has 32 heavy (non-hydrogen) atoms. The Morgan fingerprint density at radius 2 is 2.00 bits per heavy atom. The molecule has 0 bridgehead atoms. The molecule has 1 atom stereocenters. The molecule has 2 fully saturated rings. The topological polar surface area (TPSA) is 42.0 Å². The molecule has 4 rings (SSSR count). The molecule has 2 aliphatic heterocycles. The van der Waals surface area contributed by atoms with E-state index in [0.29, 0.717) is 39.3 Å². The van der Waals surface area contributed by atoms with Crippen LogP contribution in [0, 0.1) is 19.3 Å². The lowest BCUT2D eigenvalue weighted by molar-refractivity contribution is -0.139. The molecule has 3 heterocycles. The number of rotatable bonds is 7. The Kier molecular flexibility index (Phi) is 7.77. The molecule has 0 radical (unpaired) electrons. The van der Waals surface area contributed by atoms with Crippen molar-refractivity contribution in [2.75, 3.05) is 46.0 Å². The summed E-state index contributed by atoms with van der Waals surface area (Å²) in [7, 11) is 0. The smallest absolute Gasteiger partial charge is 0.223 e. The lowest BCUT2D eigenvalue weighted by Crippen LogP contribution is -2.50. The Morgan fingerprint density at radius 1 is 1.19 bits per heavy atom. The van der Waals surface area contributed by atoms with E-state index in [1.54, 1.807) is 0 Å². The van der Waals surface area contributed by atoms with Crippen LogP contribution in [0.3, 0.4) is 0 Å². The molecule has 0 aliphatic carbocycles. The van der Waals surface area contributed by atoms with Crippen molar-refractivity contribution in [3.05, 3.63) is 50.7 Å². The number of piperidine rings is 1. The van der Waals surface area contributed by atoms with E-state index in [-0.39, 0.29) is 11.3 Å². The van der Waals surface area contributed by atoms with Gasteiger partial charge in [0.2, 0.25) is 5.91 Å². The number of carbonyl (C=O) groups is 1. The van der Waals surface area contributed by atoms with Crippen molar-refractivity contribution >= 4 is 28.8 Å². The third-order valence-electron chi connectivity index (χ3n) is 6.48. The summed E-state index contributed by atoms with van der Waals surface area (Å²) in [6.45, 7) is 10.2. The Balaban J connectivity index is 1.49. The number of likely N-dealkylation sites (tertiary alicyclic amines) is 1. The minimum absolute atomic E-state index is 0.201. The summed E-state index contributed by atoms with van der Waals surface area (Å²) in [5.41, 5.74) is 0.800. The first-order chi connectivity index (χ1) is 15.4. The number of aryl methyl sites for hydroxylation is 2. The fraction of sp³-hybridized carbons (Fsp3) is 0.560. The van der Waals surface area contributed by atoms with E-state index < -0.39 is 0 Å². The average Bonchev–Trinajstić information content (AvgIpc) is 3.20. The summed E-state index contributed by atoms with van der Waals surface area (Å²) in [6, 6.07) is 10.2. The standard InChI is InChI=1S/C25H33ClN2O3S/c1-19-14-21(5-7-23(19)26)31-18-25(15-24(29)28-10-12-30-13-11-28)8-3-9-27(17-25)16-22-6-4-20(2)32-22/h4-7,14H,3,8-13,15-18H2,1-2H3/t25-/m0/s1. The van der Waals surface area contributed by atoms with Gasteiger partial charge in [-0.25, -0.2) is 0 Å². The number of carbonyl (C=O) groups excluding carboxylic acids is 1. The minimum Gasteiger partial charge on any atom is -0.493 e. The second-order valence-electron chi connectivity index (χ2n) is 9.20. The molecular formula is C25H33ClN2O3S. The van der Waals surface area contributed by atoms with E-state index in [2.05, 4.69) is 24.0 Å². The number of halogens is 1. The van der Waals surface area contributed by atoms with Crippen molar-refractivity contribution in [2.24, 2.45) is 5.41 Å². The maximum atomic E-state index is 13.2. The highest BCUT2D eigenvalue weighted by Gasteiger charge is 2.39. The molecule has 1 amide bonds. The van der Waals surface area contributed by atoms with Gasteiger partial charge in [-0.1, -0.05) is 11.6 Å². The number of benzene rings is 1. The molecule has 5 nitrogen and oxygen atoms in total. The lowest BCUT2D eigenvalue weighted by Gasteiger charge is -2.43. The van der Waals surface area contributed by atoms with Crippen LogP contribution in [0.1, 0.15) is 34.6 Å². The number of hydrogen-bond acceptors (Lipinski definition) is 5. The SMILES string of the molecule is Cc1ccc(CN2CCC[C@](COc3ccc(Cl)c(C)c3)(CC(=O)N3CCOCC3)C2)s1. The largest absolute Gasteiger partial charge is 0.493 e. The highest BCUT2D eigenvalue weighted by molar-refractivity contribution is 7.11. The van der Waals surface area contributed by atoms with Gasteiger partial charge in [0.25, 0.3) is 0 Å². The quantitative estimate of drug-likeness (QED) is 0.568. The van der Waals surface area contributed by atoms with Crippen molar-refractivity contribution in [1.29, 1.82) is 0 Å². The van der Waals surface area contributed by atoms with Crippen molar-refractivity contribution < 1.29 is 14.3 Å². The summed E-state index contributed by atoms with van der Waals surface area (Å²) in [4.78, 5) is 20.4. The van der Waals surface area contributed by atoms with Crippen LogP contribution in [-0.2, 0) is 16.1 Å². The maximum Gasteiger partial charge on any atom is 0.223 e. The number of morpholine rings is 1. The van der Waals surface area contributed by atoms with Crippen LogP contribution >= 0.6 is 22.9 Å². The molecule has 174 valence electrons. The van der Waals surface area contributed by atoms with E-state index in [1.165, 1.54) is 9.75 Å². The Hall–Kier alpha value is -1.60. The Morgan fingerprint density at radius 3 is 2.72 bits per heavy atom. The summed E-state index contributed by atoms with van der Waals surface area (Å²) in [5.74, 6) is 1.04. The predicted octanol–water partition coefficient (Wildman–Crippen LogP) is 4.93. The monoisotopic (exact) mass is 476 g/mol. The van der Waals surface area contributed by atoms with Gasteiger partial charge in [0, 0.05) is 52.8 Å². The lowest BCUT2D eigenvalue weighted by atomic mass is 9.77. The van der Waals surface area contributed by atoms with E-state index in [4.69, 9.17) is 21.1 Å². The molecular weight excluding hydrogens is 444 g/mol. The molecule has 2 aromatic rings. The van der Waals surface area contributed by atoms with Crippen LogP contribution in [0.2, 0.25) is 5.02 Å². The van der Waals surface area contributed by atoms with Crippen LogP contribution in [0.4, 0.5) is 0 Å². The molecule has 1 aromatic heterocycles. The first-order valence-electron chi connectivity index (χ1n) is 11.4. The normalized spacial score (nSPS) is 22.2. The van der Waals surface area contributed by atoms with Gasteiger partial charge in [-0.15, -0.1) is 11.3 Å². The molecule has 1 aromatic carbocycles. The number of nitrogens with zero attached hydrogens (tertiary/aromatic N) is 2. The summed E-state index contributed by atoms with van der Waals surface area (Å²) >= 11 is 8.04. The van der Waals surface area contributed by atoms with E-state index in [0.717, 1.165) is 48.8 Å². The first kappa shape index (κ1) is 23.6. The van der Waals surface area contributed by atoms with Crippen molar-refractivity contribution in [3.8, 4) is 5.75 Å². The van der Waals surface area contributed by atoms with Gasteiger partial charge in [0.1, 0.15) is 5.75 Å². The van der Waals surface area contributed by atoms with E-state index in [1.807, 2.05) is 41.4 Å². The first-order valence-corrected chi connectivity index (χ1v) is 12.6. The van der Waals surface area contributed by atoms with Gasteiger partial charge in [0.05, 0.1) is 19.8 Å². The number of thiophene rings is 1. The number of ether oxygens (including phenoxy) is 2. The Bertz CT molecular complexity index is 928. The van der Waals surface area contributed by atoms with Crippen molar-refractivity contribution in [1.82, 2.24) is 9.80 Å². The van der Waals surface area contributed by atoms with Crippen LogP contribution in [0.15, 0.2) is 30.3 Å². The van der Waals surface area contributed by atoms with Crippen molar-refractivity contribution in [2.45, 2.75) is 39.7 Å². The van der Waals surface area contributed by atoms with Gasteiger partial charge >= 0.3 is 0 Å². The second kappa shape index (κ2) is 10.6. The summed E-state index contributed by atoms with van der Waals surface area (Å²) in [5, 5.41) is 0.740. The number of hydrogen-bond donors (Lipinski definition) is 0. The number of amides is 1. The van der Waals surface area contributed by atoms with Crippen LogP contribution in [0.5, 0.6) is 5.75 Å².